The number of benzene rings is 1. The van der Waals surface area contributed by atoms with Gasteiger partial charge in [0.2, 0.25) is 0 Å². The fourth-order valence-corrected chi connectivity index (χ4v) is 2.97. The first-order valence-electron chi connectivity index (χ1n) is 7.37. The number of hydrogen-bond acceptors (Lipinski definition) is 3. The SMILES string of the molecule is CCCN(CCC)C1=Cc2ccc(O)c3ncn(c23)C1. The topological polar surface area (TPSA) is 41.3 Å². The highest BCUT2D eigenvalue weighted by Gasteiger charge is 2.19. The zero-order chi connectivity index (χ0) is 14.1. The molecule has 1 N–H and O–H groups in total. The Balaban J connectivity index is 2.03. The Kier molecular flexibility index (Phi) is 3.38. The van der Waals surface area contributed by atoms with Gasteiger partial charge in [-0.05, 0) is 31.1 Å². The summed E-state index contributed by atoms with van der Waals surface area (Å²) in [4.78, 5) is 6.80. The van der Waals surface area contributed by atoms with Crippen LogP contribution in [0.3, 0.4) is 0 Å². The van der Waals surface area contributed by atoms with E-state index < -0.39 is 0 Å². The number of nitrogens with zero attached hydrogens (tertiary/aromatic N) is 3. The maximum atomic E-state index is 9.87. The van der Waals surface area contributed by atoms with E-state index in [1.165, 1.54) is 5.70 Å². The monoisotopic (exact) mass is 271 g/mol. The summed E-state index contributed by atoms with van der Waals surface area (Å²) >= 11 is 0. The molecule has 0 amide bonds. The van der Waals surface area contributed by atoms with E-state index in [2.05, 4.69) is 34.4 Å². The molecule has 0 saturated carbocycles. The summed E-state index contributed by atoms with van der Waals surface area (Å²) in [6, 6.07) is 3.71. The highest BCUT2D eigenvalue weighted by atomic mass is 16.3. The summed E-state index contributed by atoms with van der Waals surface area (Å²) in [7, 11) is 0. The van der Waals surface area contributed by atoms with Crippen molar-refractivity contribution in [2.75, 3.05) is 13.1 Å². The third-order valence-electron chi connectivity index (χ3n) is 3.82. The molecule has 3 rings (SSSR count). The lowest BCUT2D eigenvalue weighted by molar-refractivity contribution is 0.329. The molecule has 4 heteroatoms. The highest BCUT2D eigenvalue weighted by Crippen LogP contribution is 2.32. The molecule has 1 aliphatic heterocycles. The van der Waals surface area contributed by atoms with Crippen molar-refractivity contribution >= 4 is 17.1 Å². The van der Waals surface area contributed by atoms with E-state index in [4.69, 9.17) is 0 Å². The number of imidazole rings is 1. The van der Waals surface area contributed by atoms with Crippen molar-refractivity contribution in [3.05, 3.63) is 29.7 Å². The van der Waals surface area contributed by atoms with Crippen LogP contribution in [-0.4, -0.2) is 32.6 Å². The number of hydrogen-bond donors (Lipinski definition) is 1. The summed E-state index contributed by atoms with van der Waals surface area (Å²) in [5.74, 6) is 0.262. The molecule has 0 unspecified atom stereocenters. The normalized spacial score (nSPS) is 13.6. The summed E-state index contributed by atoms with van der Waals surface area (Å²) in [6.45, 7) is 7.45. The molecule has 0 saturated heterocycles. The van der Waals surface area contributed by atoms with Crippen LogP contribution < -0.4 is 0 Å². The number of rotatable bonds is 5. The van der Waals surface area contributed by atoms with Crippen LogP contribution in [-0.2, 0) is 6.54 Å². The van der Waals surface area contributed by atoms with Gasteiger partial charge in [-0.1, -0.05) is 13.8 Å². The average molecular weight is 271 g/mol. The first-order valence-corrected chi connectivity index (χ1v) is 7.37. The predicted molar refractivity (Wildman–Crippen MR) is 81.5 cm³/mol. The lowest BCUT2D eigenvalue weighted by atomic mass is 10.1. The minimum atomic E-state index is 0.262. The number of aromatic hydroxyl groups is 1. The van der Waals surface area contributed by atoms with Crippen LogP contribution >= 0.6 is 0 Å². The van der Waals surface area contributed by atoms with Gasteiger partial charge in [0.15, 0.2) is 0 Å². The molecular formula is C16H21N3O. The van der Waals surface area contributed by atoms with Gasteiger partial charge in [-0.2, -0.15) is 0 Å². The second-order valence-corrected chi connectivity index (χ2v) is 5.37. The molecule has 106 valence electrons. The molecular weight excluding hydrogens is 250 g/mol. The van der Waals surface area contributed by atoms with Crippen molar-refractivity contribution in [1.29, 1.82) is 0 Å². The largest absolute Gasteiger partial charge is 0.506 e. The molecule has 0 aliphatic carbocycles. The molecule has 0 spiro atoms. The summed E-state index contributed by atoms with van der Waals surface area (Å²) in [5, 5.41) is 9.87. The zero-order valence-corrected chi connectivity index (χ0v) is 12.1. The van der Waals surface area contributed by atoms with Crippen molar-refractivity contribution in [3.8, 4) is 5.75 Å². The zero-order valence-electron chi connectivity index (χ0n) is 12.1. The lowest BCUT2D eigenvalue weighted by Gasteiger charge is -2.29. The van der Waals surface area contributed by atoms with Crippen LogP contribution in [0.5, 0.6) is 5.75 Å². The Labute approximate surface area is 119 Å². The van der Waals surface area contributed by atoms with Crippen molar-refractivity contribution in [1.82, 2.24) is 14.5 Å². The summed E-state index contributed by atoms with van der Waals surface area (Å²) in [5.41, 5.74) is 4.23. The molecule has 4 nitrogen and oxygen atoms in total. The van der Waals surface area contributed by atoms with E-state index >= 15 is 0 Å². The molecule has 2 aromatic rings. The number of allylic oxidation sites excluding steroid dienone is 1. The molecule has 0 bridgehead atoms. The van der Waals surface area contributed by atoms with Crippen LogP contribution in [0.15, 0.2) is 24.2 Å². The lowest BCUT2D eigenvalue weighted by Crippen LogP contribution is -2.28. The number of phenols is 1. The van der Waals surface area contributed by atoms with Gasteiger partial charge in [0.25, 0.3) is 0 Å². The quantitative estimate of drug-likeness (QED) is 0.907. The molecule has 1 aromatic carbocycles. The third kappa shape index (κ3) is 2.05. The average Bonchev–Trinajstić information content (AvgIpc) is 2.88. The molecule has 0 atom stereocenters. The molecule has 0 radical (unpaired) electrons. The van der Waals surface area contributed by atoms with Gasteiger partial charge < -0.3 is 14.6 Å². The number of phenolic OH excluding ortho intramolecular Hbond substituents is 1. The molecule has 2 heterocycles. The van der Waals surface area contributed by atoms with Gasteiger partial charge >= 0.3 is 0 Å². The number of aromatic nitrogens is 2. The minimum absolute atomic E-state index is 0.262. The smallest absolute Gasteiger partial charge is 0.143 e. The van der Waals surface area contributed by atoms with Crippen molar-refractivity contribution < 1.29 is 5.11 Å². The summed E-state index contributed by atoms with van der Waals surface area (Å²) < 4.78 is 2.14. The molecule has 20 heavy (non-hydrogen) atoms. The molecule has 0 fully saturated rings. The Morgan fingerprint density at radius 3 is 2.70 bits per heavy atom. The van der Waals surface area contributed by atoms with Gasteiger partial charge in [-0.15, -0.1) is 0 Å². The van der Waals surface area contributed by atoms with Crippen LogP contribution in [0.4, 0.5) is 0 Å². The van der Waals surface area contributed by atoms with E-state index in [0.717, 1.165) is 43.6 Å². The Bertz CT molecular complexity index is 651. The first kappa shape index (κ1) is 13.0. The van der Waals surface area contributed by atoms with Gasteiger partial charge in [-0.3, -0.25) is 0 Å². The van der Waals surface area contributed by atoms with Crippen molar-refractivity contribution in [3.63, 3.8) is 0 Å². The Morgan fingerprint density at radius 1 is 1.25 bits per heavy atom. The van der Waals surface area contributed by atoms with Crippen molar-refractivity contribution in [2.24, 2.45) is 0 Å². The van der Waals surface area contributed by atoms with Crippen LogP contribution in [0.2, 0.25) is 0 Å². The maximum absolute atomic E-state index is 9.87. The van der Waals surface area contributed by atoms with Crippen LogP contribution in [0, 0.1) is 0 Å². The first-order chi connectivity index (χ1) is 9.74. The Hall–Kier alpha value is -1.97. The van der Waals surface area contributed by atoms with Gasteiger partial charge in [0.1, 0.15) is 11.3 Å². The molecule has 1 aromatic heterocycles. The van der Waals surface area contributed by atoms with Crippen LogP contribution in [0.1, 0.15) is 32.3 Å². The minimum Gasteiger partial charge on any atom is -0.506 e. The third-order valence-corrected chi connectivity index (χ3v) is 3.82. The highest BCUT2D eigenvalue weighted by molar-refractivity contribution is 5.91. The van der Waals surface area contributed by atoms with Gasteiger partial charge in [0.05, 0.1) is 18.4 Å². The second kappa shape index (κ2) is 5.19. The predicted octanol–water partition coefficient (Wildman–Crippen LogP) is 3.22. The summed E-state index contributed by atoms with van der Waals surface area (Å²) in [6.07, 6.45) is 6.38. The van der Waals surface area contributed by atoms with Crippen molar-refractivity contribution in [2.45, 2.75) is 33.2 Å². The molecule has 1 aliphatic rings. The maximum Gasteiger partial charge on any atom is 0.143 e. The van der Waals surface area contributed by atoms with Gasteiger partial charge in [-0.25, -0.2) is 4.98 Å². The Morgan fingerprint density at radius 2 is 2.00 bits per heavy atom. The standard InChI is InChI=1S/C16H21N3O/c1-3-7-18(8-4-2)13-9-12-5-6-14(20)15-16(12)19(10-13)11-17-15/h5-6,9,11,20H,3-4,7-8,10H2,1-2H3. The van der Waals surface area contributed by atoms with E-state index in [1.54, 1.807) is 6.07 Å². The van der Waals surface area contributed by atoms with Gasteiger partial charge in [0, 0.05) is 24.4 Å². The fraction of sp³-hybridized carbons (Fsp3) is 0.438. The fourth-order valence-electron chi connectivity index (χ4n) is 2.97. The van der Waals surface area contributed by atoms with Crippen LogP contribution in [0.25, 0.3) is 17.1 Å². The van der Waals surface area contributed by atoms with E-state index in [-0.39, 0.29) is 5.75 Å². The van der Waals surface area contributed by atoms with E-state index in [0.29, 0.717) is 5.52 Å². The van der Waals surface area contributed by atoms with E-state index in [1.807, 2.05) is 12.4 Å². The van der Waals surface area contributed by atoms with E-state index in [9.17, 15) is 5.11 Å². The second-order valence-electron chi connectivity index (χ2n) is 5.37.